The summed E-state index contributed by atoms with van der Waals surface area (Å²) in [6.07, 6.45) is 5.13. The number of nitrogens with one attached hydrogen (secondary N) is 1. The van der Waals surface area contributed by atoms with E-state index >= 15 is 0 Å². The van der Waals surface area contributed by atoms with Gasteiger partial charge in [0.05, 0.1) is 11.3 Å². The van der Waals surface area contributed by atoms with Crippen molar-refractivity contribution >= 4 is 37.2 Å². The molecule has 0 heterocycles. The van der Waals surface area contributed by atoms with Gasteiger partial charge in [-0.05, 0) is 71.4 Å². The summed E-state index contributed by atoms with van der Waals surface area (Å²) in [5, 5.41) is 3.69. The molecule has 0 bridgehead atoms. The minimum atomic E-state index is -2.35. The summed E-state index contributed by atoms with van der Waals surface area (Å²) in [7, 11) is -2.35. The van der Waals surface area contributed by atoms with E-state index in [1.54, 1.807) is 18.4 Å². The van der Waals surface area contributed by atoms with Crippen LogP contribution in [-0.4, -0.2) is 16.4 Å². The van der Waals surface area contributed by atoms with Crippen molar-refractivity contribution in [1.29, 1.82) is 0 Å². The molecule has 2 aromatic rings. The molecular weight excluding hydrogens is 398 g/mol. The molecule has 2 aromatic carbocycles. The summed E-state index contributed by atoms with van der Waals surface area (Å²) in [6, 6.07) is 13.2. The summed E-state index contributed by atoms with van der Waals surface area (Å²) in [5.74, 6) is -0.100. The Bertz CT molecular complexity index is 939. The highest BCUT2D eigenvalue weighted by Crippen LogP contribution is 2.33. The second kappa shape index (κ2) is 8.29. The Morgan fingerprint density at radius 2 is 2.00 bits per heavy atom. The Labute approximate surface area is 171 Å². The van der Waals surface area contributed by atoms with E-state index in [0.29, 0.717) is 5.56 Å². The van der Waals surface area contributed by atoms with Crippen molar-refractivity contribution in [3.63, 3.8) is 0 Å². The minimum Gasteiger partial charge on any atom is -0.345 e. The third kappa shape index (κ3) is 4.71. The fourth-order valence-corrected chi connectivity index (χ4v) is 5.85. The van der Waals surface area contributed by atoms with E-state index < -0.39 is 8.49 Å². The van der Waals surface area contributed by atoms with Gasteiger partial charge in [-0.3, -0.25) is 9.00 Å². The average molecular weight is 422 g/mol. The van der Waals surface area contributed by atoms with Gasteiger partial charge in [-0.1, -0.05) is 43.1 Å². The quantitative estimate of drug-likeness (QED) is 0.715. The number of amides is 1. The van der Waals surface area contributed by atoms with Crippen molar-refractivity contribution in [3.8, 4) is 0 Å². The molecule has 3 atom stereocenters. The zero-order valence-corrected chi connectivity index (χ0v) is 17.9. The van der Waals surface area contributed by atoms with Crippen molar-refractivity contribution in [3.05, 3.63) is 69.7 Å². The number of benzene rings is 2. The lowest BCUT2D eigenvalue weighted by molar-refractivity contribution is 0.0936. The number of halogens is 1. The fourth-order valence-electron chi connectivity index (χ4n) is 3.72. The maximum absolute atomic E-state index is 12.7. The Balaban J connectivity index is 1.74. The molecule has 1 aliphatic rings. The molecule has 27 heavy (non-hydrogen) atoms. The lowest BCUT2D eigenvalue weighted by atomic mass is 10.0. The molecule has 1 aliphatic carbocycles. The molecule has 0 aromatic heterocycles. The number of carbonyl (C=O) groups excluding carboxylic acids is 1. The number of rotatable bonds is 6. The fraction of sp³-hybridized carbons (Fsp3) is 0.381. The van der Waals surface area contributed by atoms with Crippen molar-refractivity contribution in [2.45, 2.75) is 43.9 Å². The monoisotopic (exact) mass is 421 g/mol. The lowest BCUT2D eigenvalue weighted by Crippen LogP contribution is -2.27. The van der Waals surface area contributed by atoms with Gasteiger partial charge in [0.1, 0.15) is 0 Å². The van der Waals surface area contributed by atoms with Crippen LogP contribution in [0.25, 0.3) is 0 Å². The standard InChI is InChI=1S/C21H24ClNO2S2/c1-3-4-20(27(2,25)26)14-5-7-15(8-6-14)21(24)23-19-12-9-16-13-17(22)10-11-18(16)19/h5-8,10-11,13,19-20H,3-4,9,12H2,1-2H3,(H,23,24). The molecule has 144 valence electrons. The van der Waals surface area contributed by atoms with Crippen LogP contribution in [0.5, 0.6) is 0 Å². The van der Waals surface area contributed by atoms with Crippen LogP contribution in [0, 0.1) is 0 Å². The maximum Gasteiger partial charge on any atom is 0.251 e. The van der Waals surface area contributed by atoms with Gasteiger partial charge < -0.3 is 5.32 Å². The van der Waals surface area contributed by atoms with E-state index in [0.717, 1.165) is 41.8 Å². The van der Waals surface area contributed by atoms with Crippen LogP contribution in [-0.2, 0) is 26.1 Å². The number of carbonyl (C=O) groups is 1. The summed E-state index contributed by atoms with van der Waals surface area (Å²) in [4.78, 5) is 12.7. The molecule has 0 saturated heterocycles. The number of hydrogen-bond acceptors (Lipinski definition) is 3. The summed E-state index contributed by atoms with van der Waals surface area (Å²) < 4.78 is 12.4. The van der Waals surface area contributed by atoms with Gasteiger partial charge in [-0.15, -0.1) is 0 Å². The van der Waals surface area contributed by atoms with Crippen molar-refractivity contribution in [2.24, 2.45) is 0 Å². The van der Waals surface area contributed by atoms with Gasteiger partial charge in [0.25, 0.3) is 5.91 Å². The Morgan fingerprint density at radius 3 is 2.63 bits per heavy atom. The molecule has 0 saturated carbocycles. The molecule has 0 radical (unpaired) electrons. The second-order valence-electron chi connectivity index (χ2n) is 7.14. The molecule has 3 nitrogen and oxygen atoms in total. The van der Waals surface area contributed by atoms with Crippen LogP contribution in [0.15, 0.2) is 42.5 Å². The van der Waals surface area contributed by atoms with Gasteiger partial charge in [0.15, 0.2) is 0 Å². The molecule has 1 amide bonds. The van der Waals surface area contributed by atoms with Crippen LogP contribution >= 0.6 is 11.6 Å². The summed E-state index contributed by atoms with van der Waals surface area (Å²) in [5.41, 5.74) is 3.89. The first-order valence-electron chi connectivity index (χ1n) is 9.17. The van der Waals surface area contributed by atoms with E-state index in [4.69, 9.17) is 22.8 Å². The topological polar surface area (TPSA) is 46.2 Å². The van der Waals surface area contributed by atoms with Gasteiger partial charge in [0, 0.05) is 25.3 Å². The van der Waals surface area contributed by atoms with E-state index in [2.05, 4.69) is 12.2 Å². The third-order valence-corrected chi connectivity index (χ3v) is 7.57. The summed E-state index contributed by atoms with van der Waals surface area (Å²) >= 11 is 11.3. The van der Waals surface area contributed by atoms with Crippen LogP contribution in [0.2, 0.25) is 5.02 Å². The predicted octanol–water partition coefficient (Wildman–Crippen LogP) is 4.97. The van der Waals surface area contributed by atoms with Crippen LogP contribution < -0.4 is 5.32 Å². The van der Waals surface area contributed by atoms with Crippen molar-refractivity contribution in [2.75, 3.05) is 6.26 Å². The molecular formula is C21H24ClNO2S2. The SMILES string of the molecule is CCCC(c1ccc(C(=O)NC2CCc3cc(Cl)ccc32)cc1)S(C)(=O)=S. The minimum absolute atomic E-state index is 0.0132. The van der Waals surface area contributed by atoms with E-state index in [9.17, 15) is 9.00 Å². The predicted molar refractivity (Wildman–Crippen MR) is 116 cm³/mol. The van der Waals surface area contributed by atoms with E-state index in [-0.39, 0.29) is 17.2 Å². The van der Waals surface area contributed by atoms with Crippen LogP contribution in [0.4, 0.5) is 0 Å². The molecule has 6 heteroatoms. The van der Waals surface area contributed by atoms with Gasteiger partial charge in [-0.2, -0.15) is 0 Å². The normalized spacial score (nSPS) is 19.1. The molecule has 3 rings (SSSR count). The summed E-state index contributed by atoms with van der Waals surface area (Å²) in [6.45, 7) is 2.06. The molecule has 0 fully saturated rings. The number of hydrogen-bond donors (Lipinski definition) is 1. The Kier molecular flexibility index (Phi) is 6.24. The zero-order chi connectivity index (χ0) is 19.6. The van der Waals surface area contributed by atoms with Crippen LogP contribution in [0.1, 0.15) is 64.5 Å². The Hall–Kier alpha value is -1.43. The number of aryl methyl sites for hydroxylation is 1. The molecule has 1 N–H and O–H groups in total. The molecule has 0 spiro atoms. The lowest BCUT2D eigenvalue weighted by Gasteiger charge is -2.18. The first kappa shape index (κ1) is 20.3. The Morgan fingerprint density at radius 1 is 1.30 bits per heavy atom. The largest absolute Gasteiger partial charge is 0.345 e. The first-order valence-corrected chi connectivity index (χ1v) is 12.5. The van der Waals surface area contributed by atoms with Gasteiger partial charge in [-0.25, -0.2) is 0 Å². The first-order chi connectivity index (χ1) is 12.8. The number of fused-ring (bicyclic) bond motifs is 1. The molecule has 3 unspecified atom stereocenters. The highest BCUT2D eigenvalue weighted by Gasteiger charge is 2.25. The zero-order valence-electron chi connectivity index (χ0n) is 15.5. The smallest absolute Gasteiger partial charge is 0.251 e. The van der Waals surface area contributed by atoms with E-state index in [1.807, 2.05) is 30.3 Å². The molecule has 0 aliphatic heterocycles. The average Bonchev–Trinajstić information content (AvgIpc) is 3.00. The van der Waals surface area contributed by atoms with Gasteiger partial charge in [0.2, 0.25) is 0 Å². The highest BCUT2D eigenvalue weighted by atomic mass is 35.5. The van der Waals surface area contributed by atoms with Crippen molar-refractivity contribution < 1.29 is 9.00 Å². The highest BCUT2D eigenvalue weighted by molar-refractivity contribution is 8.32. The van der Waals surface area contributed by atoms with Gasteiger partial charge >= 0.3 is 0 Å². The van der Waals surface area contributed by atoms with Crippen molar-refractivity contribution in [1.82, 2.24) is 5.32 Å². The third-order valence-electron chi connectivity index (χ3n) is 5.10. The van der Waals surface area contributed by atoms with Crippen LogP contribution in [0.3, 0.4) is 0 Å². The second-order valence-corrected chi connectivity index (χ2v) is 11.8. The van der Waals surface area contributed by atoms with E-state index in [1.165, 1.54) is 5.56 Å². The maximum atomic E-state index is 12.7.